The lowest BCUT2D eigenvalue weighted by atomic mass is 10.1. The van der Waals surface area contributed by atoms with Crippen molar-refractivity contribution in [3.8, 4) is 5.75 Å². The summed E-state index contributed by atoms with van der Waals surface area (Å²) in [5.41, 5.74) is -0.951. The first-order chi connectivity index (χ1) is 10.9. The molecule has 0 saturated carbocycles. The number of nitrogens with zero attached hydrogens (tertiary/aromatic N) is 2. The number of hydrogen-bond acceptors (Lipinski definition) is 4. The van der Waals surface area contributed by atoms with Crippen LogP contribution in [0.5, 0.6) is 5.75 Å². The number of ether oxygens (including phenoxy) is 2. The maximum Gasteiger partial charge on any atom is 0.409 e. The molecule has 0 spiro atoms. The van der Waals surface area contributed by atoms with Crippen molar-refractivity contribution in [2.24, 2.45) is 0 Å². The summed E-state index contributed by atoms with van der Waals surface area (Å²) in [4.78, 5) is 27.7. The first-order valence-electron chi connectivity index (χ1n) is 7.89. The summed E-state index contributed by atoms with van der Waals surface area (Å²) >= 11 is 0. The van der Waals surface area contributed by atoms with Gasteiger partial charge in [-0.1, -0.05) is 18.2 Å². The second-order valence-corrected chi connectivity index (χ2v) is 5.90. The van der Waals surface area contributed by atoms with Crippen LogP contribution in [-0.2, 0) is 9.53 Å². The number of amides is 2. The molecule has 1 aromatic rings. The van der Waals surface area contributed by atoms with Crippen molar-refractivity contribution < 1.29 is 19.1 Å². The van der Waals surface area contributed by atoms with E-state index in [1.807, 2.05) is 30.3 Å². The lowest BCUT2D eigenvalue weighted by molar-refractivity contribution is -0.147. The normalized spacial score (nSPS) is 15.3. The predicted octanol–water partition coefficient (Wildman–Crippen LogP) is 2.14. The van der Waals surface area contributed by atoms with Gasteiger partial charge in [-0.25, -0.2) is 4.79 Å². The monoisotopic (exact) mass is 320 g/mol. The van der Waals surface area contributed by atoms with Gasteiger partial charge in [0.05, 0.1) is 6.61 Å². The molecule has 1 aromatic carbocycles. The maximum atomic E-state index is 12.7. The third-order valence-electron chi connectivity index (χ3n) is 3.72. The third-order valence-corrected chi connectivity index (χ3v) is 3.72. The van der Waals surface area contributed by atoms with Crippen LogP contribution in [0.25, 0.3) is 0 Å². The van der Waals surface area contributed by atoms with Crippen molar-refractivity contribution in [1.82, 2.24) is 9.80 Å². The Kier molecular flexibility index (Phi) is 5.47. The van der Waals surface area contributed by atoms with Gasteiger partial charge < -0.3 is 19.3 Å². The molecule has 0 aromatic heterocycles. The number of carbonyl (C=O) groups is 2. The molecule has 2 amide bonds. The van der Waals surface area contributed by atoms with Crippen LogP contribution >= 0.6 is 0 Å². The zero-order valence-electron chi connectivity index (χ0n) is 13.9. The van der Waals surface area contributed by atoms with E-state index in [0.717, 1.165) is 0 Å². The number of rotatable bonds is 4. The van der Waals surface area contributed by atoms with Crippen molar-refractivity contribution >= 4 is 12.0 Å². The average Bonchev–Trinajstić information content (AvgIpc) is 2.55. The van der Waals surface area contributed by atoms with E-state index in [9.17, 15) is 9.59 Å². The van der Waals surface area contributed by atoms with Gasteiger partial charge in [0, 0.05) is 26.2 Å². The maximum absolute atomic E-state index is 12.7. The highest BCUT2D eigenvalue weighted by molar-refractivity contribution is 5.85. The smallest absolute Gasteiger partial charge is 0.409 e. The molecule has 0 N–H and O–H groups in total. The van der Waals surface area contributed by atoms with E-state index in [1.165, 1.54) is 0 Å². The zero-order chi connectivity index (χ0) is 16.9. The van der Waals surface area contributed by atoms with E-state index in [0.29, 0.717) is 38.5 Å². The Hall–Kier alpha value is -2.24. The van der Waals surface area contributed by atoms with Gasteiger partial charge in [0.1, 0.15) is 5.75 Å². The van der Waals surface area contributed by atoms with Crippen molar-refractivity contribution in [3.63, 3.8) is 0 Å². The Morgan fingerprint density at radius 3 is 2.17 bits per heavy atom. The van der Waals surface area contributed by atoms with E-state index >= 15 is 0 Å². The molecule has 0 atom stereocenters. The summed E-state index contributed by atoms with van der Waals surface area (Å²) in [6.45, 7) is 7.59. The summed E-state index contributed by atoms with van der Waals surface area (Å²) in [6.07, 6.45) is -0.320. The zero-order valence-corrected chi connectivity index (χ0v) is 13.9. The van der Waals surface area contributed by atoms with Gasteiger partial charge in [0.25, 0.3) is 5.91 Å². The highest BCUT2D eigenvalue weighted by Crippen LogP contribution is 2.20. The molecule has 0 unspecified atom stereocenters. The van der Waals surface area contributed by atoms with E-state index in [2.05, 4.69) is 0 Å². The van der Waals surface area contributed by atoms with E-state index in [1.54, 1.807) is 30.6 Å². The minimum Gasteiger partial charge on any atom is -0.478 e. The van der Waals surface area contributed by atoms with Crippen molar-refractivity contribution in [3.05, 3.63) is 30.3 Å². The van der Waals surface area contributed by atoms with E-state index < -0.39 is 5.60 Å². The molecule has 1 fully saturated rings. The highest BCUT2D eigenvalue weighted by atomic mass is 16.6. The van der Waals surface area contributed by atoms with Crippen LogP contribution in [0.15, 0.2) is 30.3 Å². The minimum atomic E-state index is -0.951. The number of piperazine rings is 1. The quantitative estimate of drug-likeness (QED) is 0.853. The van der Waals surface area contributed by atoms with Crippen molar-refractivity contribution in [1.29, 1.82) is 0 Å². The predicted molar refractivity (Wildman–Crippen MR) is 86.3 cm³/mol. The molecular formula is C17H24N2O4. The van der Waals surface area contributed by atoms with Crippen molar-refractivity contribution in [2.45, 2.75) is 26.4 Å². The largest absolute Gasteiger partial charge is 0.478 e. The third kappa shape index (κ3) is 4.37. The molecule has 0 aliphatic carbocycles. The summed E-state index contributed by atoms with van der Waals surface area (Å²) in [5, 5.41) is 0. The Balaban J connectivity index is 1.92. The Bertz CT molecular complexity index is 537. The first-order valence-corrected chi connectivity index (χ1v) is 7.89. The Morgan fingerprint density at radius 1 is 1.04 bits per heavy atom. The van der Waals surface area contributed by atoms with Crippen LogP contribution < -0.4 is 4.74 Å². The molecule has 126 valence electrons. The Labute approximate surface area is 137 Å². The topological polar surface area (TPSA) is 59.1 Å². The molecule has 2 rings (SSSR count). The number of benzene rings is 1. The van der Waals surface area contributed by atoms with Gasteiger partial charge in [0.2, 0.25) is 0 Å². The van der Waals surface area contributed by atoms with Crippen molar-refractivity contribution in [2.75, 3.05) is 32.8 Å². The molecule has 1 heterocycles. The fraction of sp³-hybridized carbons (Fsp3) is 0.529. The lowest BCUT2D eigenvalue weighted by Gasteiger charge is -2.38. The minimum absolute atomic E-state index is 0.0788. The summed E-state index contributed by atoms with van der Waals surface area (Å²) in [6, 6.07) is 9.29. The van der Waals surface area contributed by atoms with Crippen LogP contribution in [0.3, 0.4) is 0 Å². The fourth-order valence-electron chi connectivity index (χ4n) is 2.51. The van der Waals surface area contributed by atoms with Gasteiger partial charge in [0.15, 0.2) is 5.60 Å². The molecule has 0 bridgehead atoms. The number of carbonyl (C=O) groups excluding carboxylic acids is 2. The lowest BCUT2D eigenvalue weighted by Crippen LogP contribution is -2.56. The molecule has 1 aliphatic heterocycles. The first kappa shape index (κ1) is 17.1. The molecule has 6 nitrogen and oxygen atoms in total. The standard InChI is InChI=1S/C17H24N2O4/c1-4-22-16(21)19-12-10-18(11-13-19)15(20)17(2,3)23-14-8-6-5-7-9-14/h5-9H,4,10-13H2,1-3H3. The summed E-state index contributed by atoms with van der Waals surface area (Å²) in [5.74, 6) is 0.584. The average molecular weight is 320 g/mol. The van der Waals surface area contributed by atoms with Crippen LogP contribution in [0.4, 0.5) is 4.79 Å². The summed E-state index contributed by atoms with van der Waals surface area (Å²) in [7, 11) is 0. The molecule has 23 heavy (non-hydrogen) atoms. The number of hydrogen-bond donors (Lipinski definition) is 0. The van der Waals surface area contributed by atoms with Gasteiger partial charge in [-0.2, -0.15) is 0 Å². The van der Waals surface area contributed by atoms with Crippen LogP contribution in [0, 0.1) is 0 Å². The molecule has 1 aliphatic rings. The van der Waals surface area contributed by atoms with Gasteiger partial charge in [-0.3, -0.25) is 4.79 Å². The van der Waals surface area contributed by atoms with Crippen LogP contribution in [0.2, 0.25) is 0 Å². The highest BCUT2D eigenvalue weighted by Gasteiger charge is 2.36. The summed E-state index contributed by atoms with van der Waals surface area (Å²) < 4.78 is 10.8. The Morgan fingerprint density at radius 2 is 1.61 bits per heavy atom. The van der Waals surface area contributed by atoms with Gasteiger partial charge in [-0.15, -0.1) is 0 Å². The fourth-order valence-corrected chi connectivity index (χ4v) is 2.51. The molecule has 0 radical (unpaired) electrons. The van der Waals surface area contributed by atoms with Gasteiger partial charge >= 0.3 is 6.09 Å². The molecular weight excluding hydrogens is 296 g/mol. The van der Waals surface area contributed by atoms with E-state index in [4.69, 9.17) is 9.47 Å². The SMILES string of the molecule is CCOC(=O)N1CCN(C(=O)C(C)(C)Oc2ccccc2)CC1. The molecule has 6 heteroatoms. The van der Waals surface area contributed by atoms with E-state index in [-0.39, 0.29) is 12.0 Å². The number of para-hydroxylation sites is 1. The second kappa shape index (κ2) is 7.35. The van der Waals surface area contributed by atoms with Gasteiger partial charge in [-0.05, 0) is 32.9 Å². The van der Waals surface area contributed by atoms with Crippen LogP contribution in [0.1, 0.15) is 20.8 Å². The second-order valence-electron chi connectivity index (χ2n) is 5.90. The molecule has 1 saturated heterocycles. The van der Waals surface area contributed by atoms with Crippen LogP contribution in [-0.4, -0.2) is 60.2 Å².